The van der Waals surface area contributed by atoms with Crippen molar-refractivity contribution in [1.29, 1.82) is 0 Å². The molecule has 1 aliphatic rings. The molecule has 0 saturated carbocycles. The lowest BCUT2D eigenvalue weighted by molar-refractivity contribution is 0.130. The van der Waals surface area contributed by atoms with E-state index in [1.807, 2.05) is 6.92 Å². The van der Waals surface area contributed by atoms with Gasteiger partial charge in [0.1, 0.15) is 16.9 Å². The number of aromatic nitrogens is 1. The maximum atomic E-state index is 12.1. The maximum Gasteiger partial charge on any atom is 0.214 e. The van der Waals surface area contributed by atoms with Crippen molar-refractivity contribution < 1.29 is 13.2 Å². The Morgan fingerprint density at radius 1 is 1.55 bits per heavy atom. The Morgan fingerprint density at radius 2 is 2.35 bits per heavy atom. The summed E-state index contributed by atoms with van der Waals surface area (Å²) in [5.41, 5.74) is 0. The molecule has 20 heavy (non-hydrogen) atoms. The van der Waals surface area contributed by atoms with Gasteiger partial charge >= 0.3 is 0 Å². The summed E-state index contributed by atoms with van der Waals surface area (Å²) in [6.45, 7) is 2.83. The molecule has 7 heteroatoms. The number of rotatable bonds is 5. The van der Waals surface area contributed by atoms with E-state index in [9.17, 15) is 8.42 Å². The van der Waals surface area contributed by atoms with Gasteiger partial charge < -0.3 is 4.74 Å². The highest BCUT2D eigenvalue weighted by Crippen LogP contribution is 2.26. The molecule has 112 valence electrons. The van der Waals surface area contributed by atoms with Crippen molar-refractivity contribution in [1.82, 2.24) is 9.29 Å². The van der Waals surface area contributed by atoms with Crippen molar-refractivity contribution in [2.45, 2.75) is 32.3 Å². The summed E-state index contributed by atoms with van der Waals surface area (Å²) in [5.74, 6) is 0.747. The summed E-state index contributed by atoms with van der Waals surface area (Å²) < 4.78 is 31.5. The predicted molar refractivity (Wildman–Crippen MR) is 78.5 cm³/mol. The van der Waals surface area contributed by atoms with E-state index < -0.39 is 10.0 Å². The molecule has 2 rings (SSSR count). The third-order valence-electron chi connectivity index (χ3n) is 3.23. The normalized spacial score (nSPS) is 20.8. The highest BCUT2D eigenvalue weighted by molar-refractivity contribution is 7.89. The van der Waals surface area contributed by atoms with E-state index in [4.69, 9.17) is 16.3 Å². The van der Waals surface area contributed by atoms with Gasteiger partial charge in [0.2, 0.25) is 10.0 Å². The Balaban J connectivity index is 2.03. The smallest absolute Gasteiger partial charge is 0.214 e. The van der Waals surface area contributed by atoms with Gasteiger partial charge in [-0.05, 0) is 19.3 Å². The number of halogens is 1. The van der Waals surface area contributed by atoms with Crippen LogP contribution in [0.4, 0.5) is 0 Å². The number of hydrogen-bond acceptors (Lipinski definition) is 4. The van der Waals surface area contributed by atoms with E-state index in [1.165, 1.54) is 10.5 Å². The highest BCUT2D eigenvalue weighted by Gasteiger charge is 2.29. The average Bonchev–Trinajstić information content (AvgIpc) is 2.42. The third kappa shape index (κ3) is 3.84. The number of pyridine rings is 1. The van der Waals surface area contributed by atoms with Gasteiger partial charge in [0.15, 0.2) is 0 Å². The summed E-state index contributed by atoms with van der Waals surface area (Å²) >= 11 is 6.00. The zero-order valence-corrected chi connectivity index (χ0v) is 13.0. The highest BCUT2D eigenvalue weighted by atomic mass is 35.5. The quantitative estimate of drug-likeness (QED) is 0.836. The lowest BCUT2D eigenvalue weighted by Crippen LogP contribution is -2.45. The molecule has 1 aliphatic heterocycles. The molecule has 5 nitrogen and oxygen atoms in total. The maximum absolute atomic E-state index is 12.1. The van der Waals surface area contributed by atoms with Crippen LogP contribution in [0.1, 0.15) is 26.2 Å². The first-order chi connectivity index (χ1) is 9.53. The SMILES string of the molecule is CCCS(=O)(=O)N1CCCC(Oc2ccncc2Cl)C1. The molecule has 0 bridgehead atoms. The fraction of sp³-hybridized carbons (Fsp3) is 0.615. The minimum atomic E-state index is -3.16. The van der Waals surface area contributed by atoms with Crippen LogP contribution in [0, 0.1) is 0 Å². The van der Waals surface area contributed by atoms with Crippen LogP contribution in [0.3, 0.4) is 0 Å². The number of nitrogens with zero attached hydrogens (tertiary/aromatic N) is 2. The van der Waals surface area contributed by atoms with Gasteiger partial charge in [-0.1, -0.05) is 18.5 Å². The molecular weight excluding hydrogens is 300 g/mol. The van der Waals surface area contributed by atoms with E-state index in [0.29, 0.717) is 30.3 Å². The number of piperidine rings is 1. The molecule has 0 aliphatic carbocycles. The first kappa shape index (κ1) is 15.5. The van der Waals surface area contributed by atoms with Crippen molar-refractivity contribution >= 4 is 21.6 Å². The Labute approximate surface area is 125 Å². The van der Waals surface area contributed by atoms with Gasteiger partial charge in [-0.15, -0.1) is 0 Å². The average molecular weight is 319 g/mol. The molecule has 1 saturated heterocycles. The molecule has 0 amide bonds. The summed E-state index contributed by atoms with van der Waals surface area (Å²) in [6.07, 6.45) is 5.23. The van der Waals surface area contributed by atoms with E-state index in [1.54, 1.807) is 12.3 Å². The minimum Gasteiger partial charge on any atom is -0.487 e. The fourth-order valence-corrected chi connectivity index (χ4v) is 4.02. The van der Waals surface area contributed by atoms with Crippen molar-refractivity contribution in [2.75, 3.05) is 18.8 Å². The van der Waals surface area contributed by atoms with Gasteiger partial charge in [-0.25, -0.2) is 8.42 Å². The van der Waals surface area contributed by atoms with Crippen LogP contribution in [-0.2, 0) is 10.0 Å². The molecule has 0 aromatic carbocycles. The summed E-state index contributed by atoms with van der Waals surface area (Å²) in [5, 5.41) is 0.445. The Morgan fingerprint density at radius 3 is 3.05 bits per heavy atom. The molecule has 1 fully saturated rings. The van der Waals surface area contributed by atoms with Gasteiger partial charge in [0.05, 0.1) is 12.3 Å². The van der Waals surface area contributed by atoms with Crippen LogP contribution in [-0.4, -0.2) is 42.7 Å². The molecular formula is C13H19ClN2O3S. The van der Waals surface area contributed by atoms with Gasteiger partial charge in [0, 0.05) is 25.0 Å². The van der Waals surface area contributed by atoms with E-state index in [-0.39, 0.29) is 11.9 Å². The van der Waals surface area contributed by atoms with Crippen LogP contribution in [0.2, 0.25) is 5.02 Å². The van der Waals surface area contributed by atoms with Crippen LogP contribution >= 0.6 is 11.6 Å². The predicted octanol–water partition coefficient (Wildman–Crippen LogP) is 2.32. The number of sulfonamides is 1. The second kappa shape index (κ2) is 6.74. The number of hydrogen-bond donors (Lipinski definition) is 0. The molecule has 1 unspecified atom stereocenters. The first-order valence-electron chi connectivity index (χ1n) is 6.77. The molecule has 2 heterocycles. The fourth-order valence-electron chi connectivity index (χ4n) is 2.28. The van der Waals surface area contributed by atoms with E-state index >= 15 is 0 Å². The molecule has 0 spiro atoms. The van der Waals surface area contributed by atoms with E-state index in [0.717, 1.165) is 12.8 Å². The second-order valence-corrected chi connectivity index (χ2v) is 7.36. The van der Waals surface area contributed by atoms with Crippen LogP contribution in [0.15, 0.2) is 18.5 Å². The number of ether oxygens (including phenoxy) is 1. The second-order valence-electron chi connectivity index (χ2n) is 4.86. The van der Waals surface area contributed by atoms with Crippen molar-refractivity contribution in [3.63, 3.8) is 0 Å². The van der Waals surface area contributed by atoms with Gasteiger partial charge in [-0.2, -0.15) is 4.31 Å². The van der Waals surface area contributed by atoms with Crippen LogP contribution < -0.4 is 4.74 Å². The molecule has 0 radical (unpaired) electrons. The largest absolute Gasteiger partial charge is 0.487 e. The Hall–Kier alpha value is -0.850. The molecule has 1 aromatic heterocycles. The van der Waals surface area contributed by atoms with Crippen LogP contribution in [0.25, 0.3) is 0 Å². The molecule has 1 atom stereocenters. The monoisotopic (exact) mass is 318 g/mol. The van der Waals surface area contributed by atoms with Crippen molar-refractivity contribution in [3.8, 4) is 5.75 Å². The first-order valence-corrected chi connectivity index (χ1v) is 8.75. The zero-order chi connectivity index (χ0) is 14.6. The van der Waals surface area contributed by atoms with E-state index in [2.05, 4.69) is 4.98 Å². The summed E-state index contributed by atoms with van der Waals surface area (Å²) in [6, 6.07) is 1.70. The topological polar surface area (TPSA) is 59.5 Å². The molecule has 1 aromatic rings. The van der Waals surface area contributed by atoms with Crippen LogP contribution in [0.5, 0.6) is 5.75 Å². The summed E-state index contributed by atoms with van der Waals surface area (Å²) in [4.78, 5) is 3.90. The van der Waals surface area contributed by atoms with Gasteiger partial charge in [-0.3, -0.25) is 4.98 Å². The zero-order valence-electron chi connectivity index (χ0n) is 11.5. The van der Waals surface area contributed by atoms with Crippen molar-refractivity contribution in [3.05, 3.63) is 23.5 Å². The van der Waals surface area contributed by atoms with Crippen molar-refractivity contribution in [2.24, 2.45) is 0 Å². The van der Waals surface area contributed by atoms with Gasteiger partial charge in [0.25, 0.3) is 0 Å². The standard InChI is InChI=1S/C13H19ClN2O3S/c1-2-8-20(17,18)16-7-3-4-11(10-16)19-13-5-6-15-9-12(13)14/h5-6,9,11H,2-4,7-8,10H2,1H3. The third-order valence-corrected chi connectivity index (χ3v) is 5.55. The Bertz CT molecular complexity index is 550. The lowest BCUT2D eigenvalue weighted by atomic mass is 10.1. The minimum absolute atomic E-state index is 0.157. The lowest BCUT2D eigenvalue weighted by Gasteiger charge is -2.32. The summed E-state index contributed by atoms with van der Waals surface area (Å²) in [7, 11) is -3.16. The molecule has 0 N–H and O–H groups in total. The Kier molecular flexibility index (Phi) is 5.23.